The molecule has 0 unspecified atom stereocenters. The van der Waals surface area contributed by atoms with E-state index in [0.29, 0.717) is 30.8 Å². The second-order valence-electron chi connectivity index (χ2n) is 7.51. The van der Waals surface area contributed by atoms with Crippen molar-refractivity contribution in [1.82, 2.24) is 14.3 Å². The van der Waals surface area contributed by atoms with Crippen LogP contribution in [0, 0.1) is 0 Å². The molecule has 1 saturated heterocycles. The van der Waals surface area contributed by atoms with E-state index in [0.717, 1.165) is 35.0 Å². The average Bonchev–Trinajstić information content (AvgIpc) is 3.17. The number of nitrogens with one attached hydrogen (secondary N) is 2. The lowest BCUT2D eigenvalue weighted by atomic mass is 10.1. The van der Waals surface area contributed by atoms with Crippen molar-refractivity contribution in [2.45, 2.75) is 49.2 Å². The van der Waals surface area contributed by atoms with Gasteiger partial charge in [-0.15, -0.1) is 0 Å². The van der Waals surface area contributed by atoms with Gasteiger partial charge in [0.05, 0.1) is 16.2 Å². The number of hydrogen-bond acceptors (Lipinski definition) is 5. The highest BCUT2D eigenvalue weighted by Crippen LogP contribution is 2.35. The maximum absolute atomic E-state index is 13.2. The number of benzene rings is 1. The van der Waals surface area contributed by atoms with Gasteiger partial charge in [0.25, 0.3) is 5.56 Å². The van der Waals surface area contributed by atoms with E-state index in [1.807, 2.05) is 0 Å². The molecule has 7 nitrogen and oxygen atoms in total. The molecule has 1 aromatic carbocycles. The Bertz CT molecular complexity index is 1110. The molecule has 2 N–H and O–H groups in total. The molecular weight excluding hydrogens is 421 g/mol. The quantitative estimate of drug-likeness (QED) is 0.759. The minimum absolute atomic E-state index is 0.0708. The second-order valence-corrected chi connectivity index (χ2v) is 9.42. The van der Waals surface area contributed by atoms with Crippen LogP contribution in [0.3, 0.4) is 0 Å². The number of hydrogen-bond donors (Lipinski definition) is 2. The van der Waals surface area contributed by atoms with Crippen LogP contribution in [0.5, 0.6) is 0 Å². The molecule has 0 bridgehead atoms. The molecule has 4 rings (SSSR count). The Balaban J connectivity index is 1.46. The molecule has 2 heterocycles. The number of nitrogens with zero attached hydrogens (tertiary/aromatic N) is 2. The zero-order chi connectivity index (χ0) is 21.5. The fourth-order valence-electron chi connectivity index (χ4n) is 4.01. The fraction of sp³-hybridized carbons (Fsp3) is 0.474. The van der Waals surface area contributed by atoms with Crippen molar-refractivity contribution in [3.8, 4) is 0 Å². The van der Waals surface area contributed by atoms with Crippen molar-refractivity contribution in [2.24, 2.45) is 0 Å². The van der Waals surface area contributed by atoms with Crippen LogP contribution in [0.2, 0.25) is 0 Å². The molecule has 1 fully saturated rings. The Morgan fingerprint density at radius 1 is 1.13 bits per heavy atom. The molecule has 0 amide bonds. The molecule has 1 aliphatic carbocycles. The van der Waals surface area contributed by atoms with Crippen LogP contribution < -0.4 is 10.9 Å². The average molecular weight is 442 g/mol. The maximum atomic E-state index is 13.2. The van der Waals surface area contributed by atoms with Gasteiger partial charge in [-0.2, -0.15) is 17.5 Å². The number of aromatic nitrogens is 2. The summed E-state index contributed by atoms with van der Waals surface area (Å²) in [6.45, 7) is 0.142. The van der Waals surface area contributed by atoms with Gasteiger partial charge in [-0.05, 0) is 44.2 Å². The highest BCUT2D eigenvalue weighted by molar-refractivity contribution is 7.89. The third kappa shape index (κ3) is 3.95. The van der Waals surface area contributed by atoms with Crippen molar-refractivity contribution >= 4 is 16.0 Å². The van der Waals surface area contributed by atoms with E-state index in [1.165, 1.54) is 12.1 Å². The van der Waals surface area contributed by atoms with Crippen LogP contribution in [0.25, 0.3) is 0 Å². The molecule has 2 aliphatic rings. The minimum atomic E-state index is -4.76. The Kier molecular flexibility index (Phi) is 5.35. The molecule has 0 spiro atoms. The summed E-state index contributed by atoms with van der Waals surface area (Å²) in [5.74, 6) is 0.351. The number of H-pyrrole nitrogens is 1. The molecule has 0 saturated carbocycles. The molecule has 11 heteroatoms. The fourth-order valence-corrected chi connectivity index (χ4v) is 5.69. The molecule has 30 heavy (non-hydrogen) atoms. The molecular formula is C19H21F3N4O3S. The smallest absolute Gasteiger partial charge is 0.353 e. The van der Waals surface area contributed by atoms with E-state index < -0.39 is 26.7 Å². The van der Waals surface area contributed by atoms with Gasteiger partial charge in [0.15, 0.2) is 0 Å². The Labute approximate surface area is 171 Å². The van der Waals surface area contributed by atoms with E-state index in [1.54, 1.807) is 0 Å². The first-order chi connectivity index (χ1) is 14.2. The molecule has 0 radical (unpaired) electrons. The normalized spacial score (nSPS) is 18.4. The summed E-state index contributed by atoms with van der Waals surface area (Å²) in [7, 11) is -4.27. The lowest BCUT2D eigenvalue weighted by Gasteiger charge is -2.32. The number of aryl methyl sites for hydroxylation is 1. The summed E-state index contributed by atoms with van der Waals surface area (Å²) < 4.78 is 66.5. The second kappa shape index (κ2) is 7.69. The predicted octanol–water partition coefficient (Wildman–Crippen LogP) is 2.54. The summed E-state index contributed by atoms with van der Waals surface area (Å²) in [4.78, 5) is 18.5. The van der Waals surface area contributed by atoms with Gasteiger partial charge in [-0.25, -0.2) is 13.4 Å². The largest absolute Gasteiger partial charge is 0.417 e. The number of halogens is 3. The van der Waals surface area contributed by atoms with Gasteiger partial charge in [-0.1, -0.05) is 12.1 Å². The van der Waals surface area contributed by atoms with Crippen molar-refractivity contribution in [1.29, 1.82) is 0 Å². The summed E-state index contributed by atoms with van der Waals surface area (Å²) in [6, 6.07) is 4.07. The number of anilines is 1. The molecule has 1 aromatic heterocycles. The molecule has 1 aliphatic heterocycles. The van der Waals surface area contributed by atoms with Gasteiger partial charge in [0.2, 0.25) is 16.0 Å². The van der Waals surface area contributed by atoms with Crippen molar-refractivity contribution in [3.05, 3.63) is 51.4 Å². The third-order valence-corrected chi connectivity index (χ3v) is 7.50. The number of piperidine rings is 1. The van der Waals surface area contributed by atoms with E-state index in [9.17, 15) is 26.4 Å². The Morgan fingerprint density at radius 3 is 2.53 bits per heavy atom. The van der Waals surface area contributed by atoms with Crippen LogP contribution in [0.4, 0.5) is 19.1 Å². The van der Waals surface area contributed by atoms with Gasteiger partial charge < -0.3 is 5.32 Å². The molecule has 0 atom stereocenters. The summed E-state index contributed by atoms with van der Waals surface area (Å²) in [5.41, 5.74) is 0.170. The zero-order valence-electron chi connectivity index (χ0n) is 16.0. The van der Waals surface area contributed by atoms with E-state index >= 15 is 0 Å². The maximum Gasteiger partial charge on any atom is 0.417 e. The first-order valence-corrected chi connectivity index (χ1v) is 11.2. The standard InChI is InChI=1S/C19H21F3N4O3S/c20-19(21,22)14-5-1-2-7-16(14)30(28,29)26-10-8-12(9-11-26)23-18-24-15-6-3-4-13(15)17(27)25-18/h1-2,5,7,12H,3-4,6,8-11H2,(H2,23,24,25,27). The first kappa shape index (κ1) is 20.9. The van der Waals surface area contributed by atoms with Crippen LogP contribution in [-0.2, 0) is 29.0 Å². The SMILES string of the molecule is O=c1[nH]c(NC2CCN(S(=O)(=O)c3ccccc3C(F)(F)F)CC2)nc2c1CCC2. The van der Waals surface area contributed by atoms with E-state index in [2.05, 4.69) is 15.3 Å². The number of sulfonamides is 1. The van der Waals surface area contributed by atoms with Gasteiger partial charge in [0.1, 0.15) is 0 Å². The monoisotopic (exact) mass is 442 g/mol. The summed E-state index contributed by atoms with van der Waals surface area (Å²) in [6.07, 6.45) is -1.63. The van der Waals surface area contributed by atoms with Crippen LogP contribution in [0.1, 0.15) is 36.1 Å². The van der Waals surface area contributed by atoms with E-state index in [-0.39, 0.29) is 24.7 Å². The van der Waals surface area contributed by atoms with Gasteiger partial charge >= 0.3 is 6.18 Å². The predicted molar refractivity (Wildman–Crippen MR) is 104 cm³/mol. The van der Waals surface area contributed by atoms with Gasteiger partial charge in [-0.3, -0.25) is 9.78 Å². The van der Waals surface area contributed by atoms with Crippen LogP contribution in [-0.4, -0.2) is 41.8 Å². The first-order valence-electron chi connectivity index (χ1n) is 9.71. The topological polar surface area (TPSA) is 95.2 Å². The number of alkyl halides is 3. The summed E-state index contributed by atoms with van der Waals surface area (Å²) >= 11 is 0. The highest BCUT2D eigenvalue weighted by Gasteiger charge is 2.39. The molecule has 2 aromatic rings. The number of aromatic amines is 1. The van der Waals surface area contributed by atoms with E-state index in [4.69, 9.17) is 0 Å². The highest BCUT2D eigenvalue weighted by atomic mass is 32.2. The Hall–Kier alpha value is -2.40. The Morgan fingerprint density at radius 2 is 1.83 bits per heavy atom. The number of fused-ring (bicyclic) bond motifs is 1. The van der Waals surface area contributed by atoms with Gasteiger partial charge in [0, 0.05) is 24.7 Å². The lowest BCUT2D eigenvalue weighted by Crippen LogP contribution is -2.43. The summed E-state index contributed by atoms with van der Waals surface area (Å²) in [5, 5.41) is 3.13. The van der Waals surface area contributed by atoms with Crippen molar-refractivity contribution in [3.63, 3.8) is 0 Å². The molecule has 162 valence electrons. The third-order valence-electron chi connectivity index (χ3n) is 5.55. The van der Waals surface area contributed by atoms with Crippen LogP contribution >= 0.6 is 0 Å². The zero-order valence-corrected chi connectivity index (χ0v) is 16.8. The lowest BCUT2D eigenvalue weighted by molar-refractivity contribution is -0.139. The van der Waals surface area contributed by atoms with Crippen LogP contribution in [0.15, 0.2) is 34.0 Å². The van der Waals surface area contributed by atoms with Crippen molar-refractivity contribution in [2.75, 3.05) is 18.4 Å². The number of rotatable bonds is 4. The minimum Gasteiger partial charge on any atom is -0.353 e. The van der Waals surface area contributed by atoms with Crippen molar-refractivity contribution < 1.29 is 21.6 Å².